The highest BCUT2D eigenvalue weighted by atomic mass is 16.5. The molecule has 0 saturated heterocycles. The van der Waals surface area contributed by atoms with Crippen LogP contribution in [0.3, 0.4) is 0 Å². The molecule has 1 N–H and O–H groups in total. The largest absolute Gasteiger partial charge is 0.480 e. The van der Waals surface area contributed by atoms with Gasteiger partial charge in [-0.25, -0.2) is 0 Å². The number of methoxy groups -OCH3 is 1. The van der Waals surface area contributed by atoms with E-state index in [0.29, 0.717) is 11.7 Å². The van der Waals surface area contributed by atoms with E-state index in [2.05, 4.69) is 79.4 Å². The summed E-state index contributed by atoms with van der Waals surface area (Å²) in [6.07, 6.45) is 2.73. The van der Waals surface area contributed by atoms with Crippen LogP contribution in [-0.2, 0) is 6.42 Å². The molecular weight excluding hydrogens is 376 g/mol. The topological polar surface area (TPSA) is 81.0 Å². The minimum atomic E-state index is 0.589. The lowest BCUT2D eigenvalue weighted by Crippen LogP contribution is -1.99. The van der Waals surface area contributed by atoms with Crippen molar-refractivity contribution in [2.24, 2.45) is 0 Å². The summed E-state index contributed by atoms with van der Waals surface area (Å²) in [6, 6.07) is 20.9. The second-order valence-electron chi connectivity index (χ2n) is 7.14. The Hall–Kier alpha value is -4.00. The summed E-state index contributed by atoms with van der Waals surface area (Å²) in [6.45, 7) is 2.06. The zero-order valence-electron chi connectivity index (χ0n) is 16.7. The third-order valence-corrected chi connectivity index (χ3v) is 5.24. The number of benzene rings is 2. The summed E-state index contributed by atoms with van der Waals surface area (Å²) in [5.41, 5.74) is 7.55. The van der Waals surface area contributed by atoms with Gasteiger partial charge in [0, 0.05) is 17.7 Å². The van der Waals surface area contributed by atoms with E-state index in [0.717, 1.165) is 40.0 Å². The van der Waals surface area contributed by atoms with Gasteiger partial charge in [0.1, 0.15) is 5.65 Å². The van der Waals surface area contributed by atoms with Gasteiger partial charge in [0.25, 0.3) is 0 Å². The Morgan fingerprint density at radius 1 is 0.967 bits per heavy atom. The maximum absolute atomic E-state index is 5.32. The molecular formula is C23H20N6O. The molecule has 7 nitrogen and oxygen atoms in total. The maximum Gasteiger partial charge on any atom is 0.232 e. The summed E-state index contributed by atoms with van der Waals surface area (Å²) < 4.78 is 7.42. The van der Waals surface area contributed by atoms with Gasteiger partial charge in [-0.1, -0.05) is 54.6 Å². The van der Waals surface area contributed by atoms with Crippen molar-refractivity contribution in [2.45, 2.75) is 13.3 Å². The number of hydrogen-bond donors (Lipinski definition) is 1. The van der Waals surface area contributed by atoms with Crippen LogP contribution in [-0.4, -0.2) is 37.1 Å². The molecule has 0 aliphatic heterocycles. The number of rotatable bonds is 5. The summed E-state index contributed by atoms with van der Waals surface area (Å²) in [4.78, 5) is 4.54. The van der Waals surface area contributed by atoms with Crippen molar-refractivity contribution in [3.05, 3.63) is 83.7 Å². The van der Waals surface area contributed by atoms with Crippen molar-refractivity contribution in [1.29, 1.82) is 0 Å². The molecule has 0 atom stereocenters. The second-order valence-corrected chi connectivity index (χ2v) is 7.14. The van der Waals surface area contributed by atoms with Crippen LogP contribution in [0.5, 0.6) is 5.88 Å². The fourth-order valence-corrected chi connectivity index (χ4v) is 3.69. The van der Waals surface area contributed by atoms with Crippen LogP contribution >= 0.6 is 0 Å². The zero-order chi connectivity index (χ0) is 20.5. The number of H-pyrrole nitrogens is 1. The minimum Gasteiger partial charge on any atom is -0.480 e. The molecule has 148 valence electrons. The number of aryl methyl sites for hydroxylation is 1. The van der Waals surface area contributed by atoms with Crippen molar-refractivity contribution in [1.82, 2.24) is 30.0 Å². The molecule has 0 aliphatic rings. The smallest absolute Gasteiger partial charge is 0.232 e. The van der Waals surface area contributed by atoms with Gasteiger partial charge < -0.3 is 4.74 Å². The highest BCUT2D eigenvalue weighted by molar-refractivity contribution is 5.80. The lowest BCUT2D eigenvalue weighted by molar-refractivity contribution is 0.400. The SMILES string of the molecule is COc1cn2c(Cc3ccc(-c4ccccc4-c4nn[nH]n4)cc3)ccc(C)c2n1. The number of nitrogens with one attached hydrogen (secondary N) is 1. The maximum atomic E-state index is 5.32. The van der Waals surface area contributed by atoms with Gasteiger partial charge in [-0.2, -0.15) is 10.2 Å². The molecule has 7 heteroatoms. The number of pyridine rings is 1. The predicted octanol–water partition coefficient (Wildman–Crippen LogP) is 4.09. The molecule has 0 amide bonds. The van der Waals surface area contributed by atoms with Gasteiger partial charge >= 0.3 is 0 Å². The molecule has 0 spiro atoms. The number of hydrogen-bond acceptors (Lipinski definition) is 5. The first-order valence-electron chi connectivity index (χ1n) is 9.66. The molecule has 0 aliphatic carbocycles. The quantitative estimate of drug-likeness (QED) is 0.484. The Kier molecular flexibility index (Phi) is 4.48. The van der Waals surface area contributed by atoms with Crippen molar-refractivity contribution < 1.29 is 4.74 Å². The molecule has 0 unspecified atom stereocenters. The van der Waals surface area contributed by atoms with Crippen LogP contribution in [0.15, 0.2) is 66.9 Å². The van der Waals surface area contributed by atoms with E-state index >= 15 is 0 Å². The Morgan fingerprint density at radius 2 is 1.77 bits per heavy atom. The molecule has 3 aromatic heterocycles. The van der Waals surface area contributed by atoms with Crippen LogP contribution in [0.2, 0.25) is 0 Å². The van der Waals surface area contributed by atoms with E-state index in [1.165, 1.54) is 5.56 Å². The molecule has 5 aromatic rings. The van der Waals surface area contributed by atoms with E-state index in [1.54, 1.807) is 7.11 Å². The van der Waals surface area contributed by atoms with Gasteiger partial charge in [-0.15, -0.1) is 10.2 Å². The van der Waals surface area contributed by atoms with Crippen LogP contribution < -0.4 is 4.74 Å². The molecule has 0 radical (unpaired) electrons. The van der Waals surface area contributed by atoms with E-state index in [9.17, 15) is 0 Å². The number of aromatic nitrogens is 6. The number of nitrogens with zero attached hydrogens (tertiary/aromatic N) is 5. The van der Waals surface area contributed by atoms with Gasteiger partial charge in [0.15, 0.2) is 0 Å². The molecule has 0 bridgehead atoms. The average molecular weight is 396 g/mol. The van der Waals surface area contributed by atoms with E-state index in [4.69, 9.17) is 4.74 Å². The lowest BCUT2D eigenvalue weighted by atomic mass is 9.97. The normalized spacial score (nSPS) is 11.1. The summed E-state index contributed by atoms with van der Waals surface area (Å²) >= 11 is 0. The number of aromatic amines is 1. The highest BCUT2D eigenvalue weighted by Gasteiger charge is 2.12. The van der Waals surface area contributed by atoms with Gasteiger partial charge in [0.05, 0.1) is 13.3 Å². The first-order chi connectivity index (χ1) is 14.7. The monoisotopic (exact) mass is 396 g/mol. The van der Waals surface area contributed by atoms with Crippen LogP contribution in [0, 0.1) is 6.92 Å². The van der Waals surface area contributed by atoms with Crippen molar-refractivity contribution >= 4 is 5.65 Å². The molecule has 0 fully saturated rings. The standard InChI is InChI=1S/C23H20N6O/c1-15-7-12-18(29-14-21(30-2)24-23(15)29)13-16-8-10-17(11-9-16)19-5-3-4-6-20(19)22-25-27-28-26-22/h3-12,14H,13H2,1-2H3,(H,25,26,27,28). The third-order valence-electron chi connectivity index (χ3n) is 5.24. The second kappa shape index (κ2) is 7.44. The number of tetrazole rings is 1. The predicted molar refractivity (Wildman–Crippen MR) is 114 cm³/mol. The highest BCUT2D eigenvalue weighted by Crippen LogP contribution is 2.30. The van der Waals surface area contributed by atoms with Crippen LogP contribution in [0.25, 0.3) is 28.2 Å². The minimum absolute atomic E-state index is 0.589. The lowest BCUT2D eigenvalue weighted by Gasteiger charge is -2.10. The molecule has 5 rings (SSSR count). The first kappa shape index (κ1) is 18.1. The summed E-state index contributed by atoms with van der Waals surface area (Å²) in [5, 5.41) is 14.5. The third kappa shape index (κ3) is 3.20. The van der Waals surface area contributed by atoms with E-state index < -0.39 is 0 Å². The van der Waals surface area contributed by atoms with Gasteiger partial charge in [-0.05, 0) is 40.5 Å². The van der Waals surface area contributed by atoms with Crippen LogP contribution in [0.1, 0.15) is 16.8 Å². The zero-order valence-corrected chi connectivity index (χ0v) is 16.7. The molecule has 30 heavy (non-hydrogen) atoms. The molecule has 0 saturated carbocycles. The van der Waals surface area contributed by atoms with Gasteiger partial charge in [-0.3, -0.25) is 4.40 Å². The Morgan fingerprint density at radius 3 is 2.50 bits per heavy atom. The Balaban J connectivity index is 1.47. The number of imidazole rings is 1. The van der Waals surface area contributed by atoms with E-state index in [1.807, 2.05) is 24.4 Å². The average Bonchev–Trinajstić information content (AvgIpc) is 3.47. The molecule has 2 aromatic carbocycles. The van der Waals surface area contributed by atoms with E-state index in [-0.39, 0.29) is 0 Å². The van der Waals surface area contributed by atoms with Crippen molar-refractivity contribution in [3.63, 3.8) is 0 Å². The summed E-state index contributed by atoms with van der Waals surface area (Å²) in [5.74, 6) is 1.21. The van der Waals surface area contributed by atoms with Crippen molar-refractivity contribution in [3.8, 4) is 28.4 Å². The van der Waals surface area contributed by atoms with Crippen molar-refractivity contribution in [2.75, 3.05) is 7.11 Å². The Bertz CT molecular complexity index is 1310. The van der Waals surface area contributed by atoms with Crippen LogP contribution in [0.4, 0.5) is 0 Å². The molecule has 3 heterocycles. The fraction of sp³-hybridized carbons (Fsp3) is 0.130. The fourth-order valence-electron chi connectivity index (χ4n) is 3.69. The number of ether oxygens (including phenoxy) is 1. The van der Waals surface area contributed by atoms with Gasteiger partial charge in [0.2, 0.25) is 11.7 Å². The number of fused-ring (bicyclic) bond motifs is 1. The first-order valence-corrected chi connectivity index (χ1v) is 9.66. The Labute approximate surface area is 173 Å². The summed E-state index contributed by atoms with van der Waals surface area (Å²) in [7, 11) is 1.64.